The minimum atomic E-state index is -0.471. The first-order valence-electron chi connectivity index (χ1n) is 2.36. The Hall–Kier alpha value is -1.03. The van der Waals surface area contributed by atoms with E-state index in [0.29, 0.717) is 0 Å². The number of nitrogens with two attached hydrogens (primary N) is 2. The van der Waals surface area contributed by atoms with Gasteiger partial charge < -0.3 is 11.5 Å². The minimum Gasteiger partial charge on any atom is -0.396 e. The second-order valence-corrected chi connectivity index (χ2v) is 1.63. The summed E-state index contributed by atoms with van der Waals surface area (Å²) in [6, 6.07) is 1.13. The van der Waals surface area contributed by atoms with Gasteiger partial charge in [0.05, 0.1) is 11.9 Å². The van der Waals surface area contributed by atoms with Crippen LogP contribution >= 0.6 is 12.4 Å². The van der Waals surface area contributed by atoms with Crippen molar-refractivity contribution in [2.45, 2.75) is 0 Å². The molecule has 1 aromatic rings. The molecule has 0 saturated carbocycles. The third kappa shape index (κ3) is 1.73. The van der Waals surface area contributed by atoms with Crippen molar-refractivity contribution >= 4 is 23.9 Å². The number of pyridine rings is 1. The zero-order chi connectivity index (χ0) is 6.85. The molecule has 0 bridgehead atoms. The standard InChI is InChI=1S/C5H6FN3.ClH/c6-3-1-4(7)5(8)9-2-3;/h1-2H,7H2,(H2,8,9);1H. The predicted octanol–water partition coefficient (Wildman–Crippen LogP) is 0.807. The highest BCUT2D eigenvalue weighted by atomic mass is 35.5. The van der Waals surface area contributed by atoms with Crippen molar-refractivity contribution in [3.8, 4) is 0 Å². The monoisotopic (exact) mass is 163 g/mol. The highest BCUT2D eigenvalue weighted by Gasteiger charge is 1.94. The van der Waals surface area contributed by atoms with Gasteiger partial charge in [0.15, 0.2) is 0 Å². The smallest absolute Gasteiger partial charge is 0.146 e. The van der Waals surface area contributed by atoms with E-state index in [2.05, 4.69) is 4.98 Å². The van der Waals surface area contributed by atoms with Gasteiger partial charge in [-0.1, -0.05) is 0 Å². The first kappa shape index (κ1) is 8.97. The topological polar surface area (TPSA) is 64.9 Å². The van der Waals surface area contributed by atoms with E-state index in [-0.39, 0.29) is 23.9 Å². The van der Waals surface area contributed by atoms with E-state index in [1.54, 1.807) is 0 Å². The average molecular weight is 164 g/mol. The number of aromatic nitrogens is 1. The van der Waals surface area contributed by atoms with Crippen LogP contribution in [0.5, 0.6) is 0 Å². The summed E-state index contributed by atoms with van der Waals surface area (Å²) in [6.07, 6.45) is 1.02. The van der Waals surface area contributed by atoms with Crippen LogP contribution in [0.1, 0.15) is 0 Å². The molecule has 1 aromatic heterocycles. The van der Waals surface area contributed by atoms with Gasteiger partial charge in [-0.2, -0.15) is 0 Å². The number of hydrogen-bond donors (Lipinski definition) is 2. The van der Waals surface area contributed by atoms with Crippen LogP contribution in [0.3, 0.4) is 0 Å². The molecule has 1 heterocycles. The Morgan fingerprint density at radius 1 is 1.40 bits per heavy atom. The number of nitrogens with zero attached hydrogens (tertiary/aromatic N) is 1. The maximum absolute atomic E-state index is 12.1. The summed E-state index contributed by atoms with van der Waals surface area (Å²) in [6.45, 7) is 0. The van der Waals surface area contributed by atoms with Crippen molar-refractivity contribution in [3.05, 3.63) is 18.1 Å². The van der Waals surface area contributed by atoms with Gasteiger partial charge >= 0.3 is 0 Å². The first-order chi connectivity index (χ1) is 4.20. The van der Waals surface area contributed by atoms with E-state index in [4.69, 9.17) is 11.5 Å². The van der Waals surface area contributed by atoms with Gasteiger partial charge in [-0.15, -0.1) is 12.4 Å². The molecule has 56 valence electrons. The van der Waals surface area contributed by atoms with Crippen LogP contribution < -0.4 is 11.5 Å². The van der Waals surface area contributed by atoms with Gasteiger partial charge in [0.2, 0.25) is 0 Å². The first-order valence-corrected chi connectivity index (χ1v) is 2.36. The van der Waals surface area contributed by atoms with E-state index < -0.39 is 5.82 Å². The quantitative estimate of drug-likeness (QED) is 0.595. The fraction of sp³-hybridized carbons (Fsp3) is 0. The Kier molecular flexibility index (Phi) is 2.89. The lowest BCUT2D eigenvalue weighted by molar-refractivity contribution is 0.623. The minimum absolute atomic E-state index is 0. The molecule has 5 heteroatoms. The summed E-state index contributed by atoms with van der Waals surface area (Å²) in [5, 5.41) is 0. The normalized spacial score (nSPS) is 8.50. The highest BCUT2D eigenvalue weighted by molar-refractivity contribution is 5.85. The summed E-state index contributed by atoms with van der Waals surface area (Å²) in [5.41, 5.74) is 10.6. The highest BCUT2D eigenvalue weighted by Crippen LogP contribution is 2.10. The molecule has 0 aliphatic carbocycles. The number of nitrogen functional groups attached to an aromatic ring is 2. The fourth-order valence-electron chi connectivity index (χ4n) is 0.466. The Balaban J connectivity index is 0.000000810. The Morgan fingerprint density at radius 3 is 2.40 bits per heavy atom. The van der Waals surface area contributed by atoms with Crippen LogP contribution in [-0.2, 0) is 0 Å². The molecular formula is C5H7ClFN3. The largest absolute Gasteiger partial charge is 0.396 e. The van der Waals surface area contributed by atoms with E-state index in [1.807, 2.05) is 0 Å². The maximum atomic E-state index is 12.1. The second-order valence-electron chi connectivity index (χ2n) is 1.63. The van der Waals surface area contributed by atoms with Crippen molar-refractivity contribution < 1.29 is 4.39 Å². The summed E-state index contributed by atoms with van der Waals surface area (Å²) in [5.74, 6) is -0.307. The van der Waals surface area contributed by atoms with Crippen molar-refractivity contribution in [2.75, 3.05) is 11.5 Å². The number of anilines is 2. The lowest BCUT2D eigenvalue weighted by Crippen LogP contribution is -1.97. The maximum Gasteiger partial charge on any atom is 0.146 e. The molecule has 3 nitrogen and oxygen atoms in total. The number of rotatable bonds is 0. The SMILES string of the molecule is Cl.Nc1cc(F)cnc1N. The van der Waals surface area contributed by atoms with Gasteiger partial charge in [0.1, 0.15) is 11.6 Å². The molecule has 0 amide bonds. The molecule has 0 radical (unpaired) electrons. The third-order valence-corrected chi connectivity index (χ3v) is 0.916. The molecule has 0 saturated heterocycles. The molecule has 0 aliphatic rings. The molecule has 1 rings (SSSR count). The molecular weight excluding hydrogens is 157 g/mol. The number of halogens is 2. The van der Waals surface area contributed by atoms with Crippen molar-refractivity contribution in [2.24, 2.45) is 0 Å². The fourth-order valence-corrected chi connectivity index (χ4v) is 0.466. The van der Waals surface area contributed by atoms with E-state index in [1.165, 1.54) is 0 Å². The second kappa shape index (κ2) is 3.22. The lowest BCUT2D eigenvalue weighted by Gasteiger charge is -1.95. The van der Waals surface area contributed by atoms with Crippen LogP contribution in [0.2, 0.25) is 0 Å². The van der Waals surface area contributed by atoms with E-state index in [9.17, 15) is 4.39 Å². The Labute approximate surface area is 63.6 Å². The van der Waals surface area contributed by atoms with Gasteiger partial charge in [-0.05, 0) is 0 Å². The molecule has 0 unspecified atom stereocenters. The van der Waals surface area contributed by atoms with Gasteiger partial charge in [0, 0.05) is 6.07 Å². The Morgan fingerprint density at radius 2 is 2.00 bits per heavy atom. The van der Waals surface area contributed by atoms with E-state index >= 15 is 0 Å². The third-order valence-electron chi connectivity index (χ3n) is 0.916. The summed E-state index contributed by atoms with van der Waals surface area (Å²) in [4.78, 5) is 3.46. The predicted molar refractivity (Wildman–Crippen MR) is 40.3 cm³/mol. The van der Waals surface area contributed by atoms with Crippen LogP contribution in [0.15, 0.2) is 12.3 Å². The van der Waals surface area contributed by atoms with E-state index in [0.717, 1.165) is 12.3 Å². The summed E-state index contributed by atoms with van der Waals surface area (Å²) < 4.78 is 12.1. The van der Waals surface area contributed by atoms with Crippen LogP contribution in [0, 0.1) is 5.82 Å². The Bertz CT molecular complexity index is 228. The molecule has 4 N–H and O–H groups in total. The molecule has 0 aliphatic heterocycles. The zero-order valence-electron chi connectivity index (χ0n) is 5.04. The van der Waals surface area contributed by atoms with Crippen LogP contribution in [0.4, 0.5) is 15.9 Å². The number of hydrogen-bond acceptors (Lipinski definition) is 3. The molecule has 0 aromatic carbocycles. The average Bonchev–Trinajstić information content (AvgIpc) is 1.80. The van der Waals surface area contributed by atoms with Crippen molar-refractivity contribution in [3.63, 3.8) is 0 Å². The van der Waals surface area contributed by atoms with Crippen molar-refractivity contribution in [1.29, 1.82) is 0 Å². The molecule has 0 fully saturated rings. The molecule has 0 atom stereocenters. The van der Waals surface area contributed by atoms with Crippen LogP contribution in [0.25, 0.3) is 0 Å². The summed E-state index contributed by atoms with van der Waals surface area (Å²) in [7, 11) is 0. The van der Waals surface area contributed by atoms with Gasteiger partial charge in [-0.3, -0.25) is 0 Å². The molecule has 0 spiro atoms. The lowest BCUT2D eigenvalue weighted by atomic mass is 10.4. The van der Waals surface area contributed by atoms with Crippen molar-refractivity contribution in [1.82, 2.24) is 4.98 Å². The molecule has 10 heavy (non-hydrogen) atoms. The zero-order valence-corrected chi connectivity index (χ0v) is 5.86. The van der Waals surface area contributed by atoms with Gasteiger partial charge in [-0.25, -0.2) is 9.37 Å². The van der Waals surface area contributed by atoms with Gasteiger partial charge in [0.25, 0.3) is 0 Å². The summed E-state index contributed by atoms with van der Waals surface area (Å²) >= 11 is 0. The van der Waals surface area contributed by atoms with Crippen LogP contribution in [-0.4, -0.2) is 4.98 Å².